The lowest BCUT2D eigenvalue weighted by molar-refractivity contribution is 0.102. The normalized spacial score (nSPS) is 10.7. The van der Waals surface area contributed by atoms with Crippen molar-refractivity contribution in [2.75, 3.05) is 5.32 Å². The second kappa shape index (κ2) is 7.44. The predicted molar refractivity (Wildman–Crippen MR) is 117 cm³/mol. The first-order chi connectivity index (χ1) is 13.1. The lowest BCUT2D eigenvalue weighted by Crippen LogP contribution is -2.15. The summed E-state index contributed by atoms with van der Waals surface area (Å²) >= 11 is 2.30. The number of fused-ring (bicyclic) bond motifs is 1. The molecule has 2 aromatic heterocycles. The van der Waals surface area contributed by atoms with Crippen LogP contribution >= 0.6 is 22.6 Å². The Bertz CT molecular complexity index is 1150. The highest BCUT2D eigenvalue weighted by Gasteiger charge is 2.13. The number of hydrogen-bond acceptors (Lipinski definition) is 3. The van der Waals surface area contributed by atoms with Crippen molar-refractivity contribution in [2.24, 2.45) is 0 Å². The first kappa shape index (κ1) is 17.6. The summed E-state index contributed by atoms with van der Waals surface area (Å²) in [6.45, 7) is 1.88. The van der Waals surface area contributed by atoms with Crippen LogP contribution in [-0.2, 0) is 0 Å². The standard InChI is InChI=1S/C22H16IN3O/c1-14-5-4-11-24-20(14)22(27)26-16-8-9-19(23)18(13-16)21-17-7-3-2-6-15(17)10-12-25-21/h2-13H,1H3,(H,26,27). The smallest absolute Gasteiger partial charge is 0.274 e. The highest BCUT2D eigenvalue weighted by Crippen LogP contribution is 2.32. The first-order valence-corrected chi connectivity index (χ1v) is 9.58. The van der Waals surface area contributed by atoms with E-state index in [9.17, 15) is 4.79 Å². The highest BCUT2D eigenvalue weighted by molar-refractivity contribution is 14.1. The summed E-state index contributed by atoms with van der Waals surface area (Å²) in [6.07, 6.45) is 3.44. The van der Waals surface area contributed by atoms with Gasteiger partial charge in [0.2, 0.25) is 0 Å². The summed E-state index contributed by atoms with van der Waals surface area (Å²) in [6, 6.07) is 19.7. The molecule has 4 aromatic rings. The van der Waals surface area contributed by atoms with Crippen LogP contribution < -0.4 is 5.32 Å². The lowest BCUT2D eigenvalue weighted by atomic mass is 10.0. The van der Waals surface area contributed by atoms with Crippen LogP contribution in [0.2, 0.25) is 0 Å². The first-order valence-electron chi connectivity index (χ1n) is 8.50. The Morgan fingerprint density at radius 3 is 2.67 bits per heavy atom. The molecule has 0 radical (unpaired) electrons. The van der Waals surface area contributed by atoms with Gasteiger partial charge in [0.25, 0.3) is 5.91 Å². The molecule has 27 heavy (non-hydrogen) atoms. The van der Waals surface area contributed by atoms with E-state index in [-0.39, 0.29) is 5.91 Å². The van der Waals surface area contributed by atoms with E-state index in [1.165, 1.54) is 0 Å². The summed E-state index contributed by atoms with van der Waals surface area (Å²) in [5.74, 6) is -0.217. The zero-order chi connectivity index (χ0) is 18.8. The molecule has 4 nitrogen and oxygen atoms in total. The van der Waals surface area contributed by atoms with Crippen LogP contribution in [0.1, 0.15) is 16.1 Å². The van der Waals surface area contributed by atoms with E-state index in [1.807, 2.05) is 61.7 Å². The number of nitrogens with zero attached hydrogens (tertiary/aromatic N) is 2. The largest absolute Gasteiger partial charge is 0.321 e. The molecule has 0 aliphatic heterocycles. The van der Waals surface area contributed by atoms with Crippen molar-refractivity contribution in [2.45, 2.75) is 6.92 Å². The van der Waals surface area contributed by atoms with Crippen LogP contribution in [0.25, 0.3) is 22.0 Å². The molecule has 0 spiro atoms. The molecule has 0 aliphatic rings. The number of benzene rings is 2. The molecular weight excluding hydrogens is 449 g/mol. The van der Waals surface area contributed by atoms with Crippen LogP contribution in [0.4, 0.5) is 5.69 Å². The highest BCUT2D eigenvalue weighted by atomic mass is 127. The third-order valence-corrected chi connectivity index (χ3v) is 5.32. The maximum absolute atomic E-state index is 12.6. The van der Waals surface area contributed by atoms with Gasteiger partial charge in [-0.05, 0) is 70.8 Å². The Kier molecular flexibility index (Phi) is 4.85. The van der Waals surface area contributed by atoms with Crippen molar-refractivity contribution in [3.63, 3.8) is 0 Å². The molecule has 0 unspecified atom stereocenters. The SMILES string of the molecule is Cc1cccnc1C(=O)Nc1ccc(I)c(-c2nccc3ccccc23)c1. The number of carbonyl (C=O) groups excluding carboxylic acids is 1. The third kappa shape index (κ3) is 3.55. The molecule has 0 fully saturated rings. The molecule has 0 aliphatic carbocycles. The van der Waals surface area contributed by atoms with Gasteiger partial charge in [-0.1, -0.05) is 30.3 Å². The number of rotatable bonds is 3. The number of aryl methyl sites for hydroxylation is 1. The van der Waals surface area contributed by atoms with E-state index in [0.717, 1.165) is 36.9 Å². The molecule has 0 bridgehead atoms. The summed E-state index contributed by atoms with van der Waals surface area (Å²) in [5.41, 5.74) is 3.89. The van der Waals surface area contributed by atoms with Gasteiger partial charge in [0, 0.05) is 32.6 Å². The number of pyridine rings is 2. The van der Waals surface area contributed by atoms with E-state index >= 15 is 0 Å². The van der Waals surface area contributed by atoms with Gasteiger partial charge in [-0.15, -0.1) is 0 Å². The van der Waals surface area contributed by atoms with Crippen LogP contribution in [0.15, 0.2) is 73.1 Å². The Labute approximate surface area is 170 Å². The van der Waals surface area contributed by atoms with E-state index in [2.05, 4.69) is 50.0 Å². The van der Waals surface area contributed by atoms with Gasteiger partial charge in [-0.3, -0.25) is 14.8 Å². The maximum atomic E-state index is 12.6. The molecule has 0 saturated carbocycles. The van der Waals surface area contributed by atoms with Crippen LogP contribution in [0.5, 0.6) is 0 Å². The van der Waals surface area contributed by atoms with Crippen LogP contribution in [0.3, 0.4) is 0 Å². The summed E-state index contributed by atoms with van der Waals surface area (Å²) < 4.78 is 1.07. The molecule has 2 aromatic carbocycles. The number of halogens is 1. The number of aromatic nitrogens is 2. The van der Waals surface area contributed by atoms with Crippen molar-refractivity contribution in [3.05, 3.63) is 87.9 Å². The molecule has 5 heteroatoms. The fourth-order valence-corrected chi connectivity index (χ4v) is 3.62. The minimum Gasteiger partial charge on any atom is -0.321 e. The van der Waals surface area contributed by atoms with E-state index < -0.39 is 0 Å². The number of nitrogens with one attached hydrogen (secondary N) is 1. The number of anilines is 1. The van der Waals surface area contributed by atoms with Gasteiger partial charge in [-0.25, -0.2) is 0 Å². The quantitative estimate of drug-likeness (QED) is 0.409. The molecule has 132 valence electrons. The number of carbonyl (C=O) groups is 1. The van der Waals surface area contributed by atoms with Gasteiger partial charge >= 0.3 is 0 Å². The predicted octanol–water partition coefficient (Wildman–Crippen LogP) is 5.46. The fraction of sp³-hybridized carbons (Fsp3) is 0.0455. The summed E-state index contributed by atoms with van der Waals surface area (Å²) in [7, 11) is 0. The second-order valence-corrected chi connectivity index (χ2v) is 7.36. The van der Waals surface area contributed by atoms with Crippen molar-refractivity contribution >= 4 is 45.0 Å². The van der Waals surface area contributed by atoms with Crippen molar-refractivity contribution in [1.29, 1.82) is 0 Å². The Balaban J connectivity index is 1.74. The Morgan fingerprint density at radius 2 is 1.81 bits per heavy atom. The average Bonchev–Trinajstić information content (AvgIpc) is 2.69. The summed E-state index contributed by atoms with van der Waals surface area (Å²) in [5, 5.41) is 5.17. The Hall–Kier alpha value is -2.80. The van der Waals surface area contributed by atoms with E-state index in [1.54, 1.807) is 6.20 Å². The molecule has 0 saturated heterocycles. The molecule has 0 atom stereocenters. The molecule has 2 heterocycles. The topological polar surface area (TPSA) is 54.9 Å². The zero-order valence-electron chi connectivity index (χ0n) is 14.6. The molecular formula is C22H16IN3O. The third-order valence-electron chi connectivity index (χ3n) is 4.38. The van der Waals surface area contributed by atoms with Crippen LogP contribution in [-0.4, -0.2) is 15.9 Å². The molecule has 4 rings (SSSR count). The average molecular weight is 465 g/mol. The zero-order valence-corrected chi connectivity index (χ0v) is 16.8. The van der Waals surface area contributed by atoms with Gasteiger partial charge in [0.15, 0.2) is 0 Å². The second-order valence-electron chi connectivity index (χ2n) is 6.20. The van der Waals surface area contributed by atoms with Crippen LogP contribution in [0, 0.1) is 10.5 Å². The van der Waals surface area contributed by atoms with E-state index in [4.69, 9.17) is 0 Å². The summed E-state index contributed by atoms with van der Waals surface area (Å²) in [4.78, 5) is 21.4. The lowest BCUT2D eigenvalue weighted by Gasteiger charge is -2.11. The van der Waals surface area contributed by atoms with Crippen molar-refractivity contribution < 1.29 is 4.79 Å². The van der Waals surface area contributed by atoms with Gasteiger partial charge in [0.05, 0.1) is 5.69 Å². The molecule has 1 amide bonds. The van der Waals surface area contributed by atoms with Gasteiger partial charge in [0.1, 0.15) is 5.69 Å². The van der Waals surface area contributed by atoms with Crippen molar-refractivity contribution in [3.8, 4) is 11.3 Å². The fourth-order valence-electron chi connectivity index (χ4n) is 3.03. The minimum atomic E-state index is -0.217. The van der Waals surface area contributed by atoms with Gasteiger partial charge in [-0.2, -0.15) is 0 Å². The number of hydrogen-bond donors (Lipinski definition) is 1. The Morgan fingerprint density at radius 1 is 0.963 bits per heavy atom. The maximum Gasteiger partial charge on any atom is 0.274 e. The number of amides is 1. The van der Waals surface area contributed by atoms with Crippen molar-refractivity contribution in [1.82, 2.24) is 9.97 Å². The van der Waals surface area contributed by atoms with Gasteiger partial charge < -0.3 is 5.32 Å². The monoisotopic (exact) mass is 465 g/mol. The minimum absolute atomic E-state index is 0.217. The van der Waals surface area contributed by atoms with E-state index in [0.29, 0.717) is 5.69 Å². The molecule has 1 N–H and O–H groups in total.